The third kappa shape index (κ3) is 5.16. The van der Waals surface area contributed by atoms with Crippen LogP contribution in [0.1, 0.15) is 27.2 Å². The van der Waals surface area contributed by atoms with E-state index in [4.69, 9.17) is 5.11 Å². The van der Waals surface area contributed by atoms with E-state index >= 15 is 0 Å². The number of thioether (sulfide) groups is 1. The minimum Gasteiger partial charge on any atom is -0.480 e. The summed E-state index contributed by atoms with van der Waals surface area (Å²) in [5.41, 5.74) is 0. The first kappa shape index (κ1) is 17.1. The van der Waals surface area contributed by atoms with Crippen LogP contribution in [0.4, 0.5) is 4.79 Å². The molecule has 0 aliphatic carbocycles. The molecular weight excluding hydrogens is 252 g/mol. The third-order valence-electron chi connectivity index (χ3n) is 3.15. The van der Waals surface area contributed by atoms with Gasteiger partial charge in [0.15, 0.2) is 0 Å². The van der Waals surface area contributed by atoms with E-state index in [0.717, 1.165) is 5.75 Å². The van der Waals surface area contributed by atoms with Crippen LogP contribution >= 0.6 is 11.8 Å². The number of nitrogens with one attached hydrogen (secondary N) is 1. The number of urea groups is 1. The lowest BCUT2D eigenvalue weighted by molar-refractivity contribution is -0.140. The van der Waals surface area contributed by atoms with Gasteiger partial charge in [-0.2, -0.15) is 11.8 Å². The fraction of sp³-hybridized carbons (Fsp3) is 0.833. The maximum absolute atomic E-state index is 11.9. The Kier molecular flexibility index (Phi) is 7.82. The van der Waals surface area contributed by atoms with Crippen molar-refractivity contribution < 1.29 is 14.7 Å². The SMILES string of the molecule is CC[C@H](C)[C@H](NC(=O)N(C)C(C)CSC)C(=O)O. The van der Waals surface area contributed by atoms with E-state index in [-0.39, 0.29) is 18.0 Å². The summed E-state index contributed by atoms with van der Waals surface area (Å²) in [5.74, 6) is -0.246. The molecule has 106 valence electrons. The van der Waals surface area contributed by atoms with Gasteiger partial charge in [0.25, 0.3) is 0 Å². The molecule has 18 heavy (non-hydrogen) atoms. The van der Waals surface area contributed by atoms with Crippen LogP contribution in [0.5, 0.6) is 0 Å². The van der Waals surface area contributed by atoms with Gasteiger partial charge in [-0.1, -0.05) is 20.3 Å². The molecule has 0 aliphatic heterocycles. The lowest BCUT2D eigenvalue weighted by Crippen LogP contribution is -2.51. The van der Waals surface area contributed by atoms with Crippen LogP contribution in [-0.4, -0.2) is 53.1 Å². The van der Waals surface area contributed by atoms with Gasteiger partial charge < -0.3 is 15.3 Å². The maximum Gasteiger partial charge on any atom is 0.326 e. The molecule has 0 spiro atoms. The summed E-state index contributed by atoms with van der Waals surface area (Å²) in [6, 6.07) is -1.08. The summed E-state index contributed by atoms with van der Waals surface area (Å²) in [4.78, 5) is 24.6. The number of amides is 2. The molecule has 2 amide bonds. The number of nitrogens with zero attached hydrogens (tertiary/aromatic N) is 1. The van der Waals surface area contributed by atoms with E-state index in [0.29, 0.717) is 6.42 Å². The van der Waals surface area contributed by atoms with Gasteiger partial charge in [0.05, 0.1) is 0 Å². The molecule has 0 fully saturated rings. The predicted octanol–water partition coefficient (Wildman–Crippen LogP) is 1.88. The highest BCUT2D eigenvalue weighted by atomic mass is 32.2. The summed E-state index contributed by atoms with van der Waals surface area (Å²) in [5, 5.41) is 11.7. The third-order valence-corrected chi connectivity index (χ3v) is 3.96. The van der Waals surface area contributed by atoms with E-state index in [1.165, 1.54) is 0 Å². The Labute approximate surface area is 113 Å². The van der Waals surface area contributed by atoms with Gasteiger partial charge >= 0.3 is 12.0 Å². The van der Waals surface area contributed by atoms with Crippen molar-refractivity contribution in [3.05, 3.63) is 0 Å². The molecule has 0 heterocycles. The minimum atomic E-state index is -0.983. The van der Waals surface area contributed by atoms with E-state index in [1.807, 2.05) is 27.0 Å². The quantitative estimate of drug-likeness (QED) is 0.745. The van der Waals surface area contributed by atoms with Gasteiger partial charge in [-0.05, 0) is 19.1 Å². The van der Waals surface area contributed by atoms with E-state index in [2.05, 4.69) is 5.32 Å². The lowest BCUT2D eigenvalue weighted by atomic mass is 9.99. The number of carbonyl (C=O) groups excluding carboxylic acids is 1. The summed E-state index contributed by atoms with van der Waals surface area (Å²) in [7, 11) is 1.69. The first-order chi connectivity index (χ1) is 8.34. The Morgan fingerprint density at radius 1 is 1.39 bits per heavy atom. The van der Waals surface area contributed by atoms with Crippen molar-refractivity contribution in [1.29, 1.82) is 0 Å². The van der Waals surface area contributed by atoms with Gasteiger partial charge in [0.2, 0.25) is 0 Å². The van der Waals surface area contributed by atoms with Gasteiger partial charge in [-0.3, -0.25) is 0 Å². The number of hydrogen-bond acceptors (Lipinski definition) is 3. The summed E-state index contributed by atoms with van der Waals surface area (Å²) in [6.07, 6.45) is 2.68. The molecule has 0 aromatic heterocycles. The maximum atomic E-state index is 11.9. The average Bonchev–Trinajstić information content (AvgIpc) is 2.33. The molecule has 0 aliphatic rings. The molecule has 5 nitrogen and oxygen atoms in total. The van der Waals surface area contributed by atoms with Crippen LogP contribution in [0.15, 0.2) is 0 Å². The summed E-state index contributed by atoms with van der Waals surface area (Å²) < 4.78 is 0. The molecule has 3 atom stereocenters. The van der Waals surface area contributed by atoms with Gasteiger partial charge in [0.1, 0.15) is 6.04 Å². The highest BCUT2D eigenvalue weighted by molar-refractivity contribution is 7.98. The molecule has 0 saturated heterocycles. The first-order valence-corrected chi connectivity index (χ1v) is 7.49. The van der Waals surface area contributed by atoms with Crippen molar-refractivity contribution in [2.75, 3.05) is 19.1 Å². The highest BCUT2D eigenvalue weighted by Gasteiger charge is 2.27. The van der Waals surface area contributed by atoms with E-state index in [1.54, 1.807) is 23.7 Å². The average molecular weight is 276 g/mol. The topological polar surface area (TPSA) is 69.6 Å². The molecule has 0 aromatic carbocycles. The Balaban J connectivity index is 4.55. The van der Waals surface area contributed by atoms with Crippen molar-refractivity contribution in [2.24, 2.45) is 5.92 Å². The van der Waals surface area contributed by atoms with Gasteiger partial charge in [0, 0.05) is 18.8 Å². The fourth-order valence-corrected chi connectivity index (χ4v) is 2.18. The largest absolute Gasteiger partial charge is 0.480 e. The number of carbonyl (C=O) groups is 2. The van der Waals surface area contributed by atoms with Crippen molar-refractivity contribution in [3.8, 4) is 0 Å². The Hall–Kier alpha value is -0.910. The zero-order valence-corrected chi connectivity index (χ0v) is 12.6. The molecule has 0 saturated carbocycles. The number of rotatable bonds is 7. The molecule has 0 rings (SSSR count). The van der Waals surface area contributed by atoms with Crippen molar-refractivity contribution in [3.63, 3.8) is 0 Å². The van der Waals surface area contributed by atoms with Crippen LogP contribution in [0, 0.1) is 5.92 Å². The lowest BCUT2D eigenvalue weighted by Gasteiger charge is -2.28. The zero-order chi connectivity index (χ0) is 14.3. The highest BCUT2D eigenvalue weighted by Crippen LogP contribution is 2.10. The minimum absolute atomic E-state index is 0.0753. The van der Waals surface area contributed by atoms with Crippen LogP contribution in [0.25, 0.3) is 0 Å². The number of hydrogen-bond donors (Lipinski definition) is 2. The van der Waals surface area contributed by atoms with Gasteiger partial charge in [-0.25, -0.2) is 9.59 Å². The normalized spacial score (nSPS) is 15.6. The monoisotopic (exact) mass is 276 g/mol. The number of aliphatic carboxylic acids is 1. The van der Waals surface area contributed by atoms with Crippen LogP contribution < -0.4 is 5.32 Å². The smallest absolute Gasteiger partial charge is 0.326 e. The molecule has 2 N–H and O–H groups in total. The predicted molar refractivity (Wildman–Crippen MR) is 75.0 cm³/mol. The second-order valence-corrected chi connectivity index (χ2v) is 5.48. The van der Waals surface area contributed by atoms with Crippen molar-refractivity contribution >= 4 is 23.8 Å². The van der Waals surface area contributed by atoms with Gasteiger partial charge in [-0.15, -0.1) is 0 Å². The molecule has 0 radical (unpaired) electrons. The van der Waals surface area contributed by atoms with E-state index < -0.39 is 12.0 Å². The second kappa shape index (κ2) is 8.24. The Morgan fingerprint density at radius 3 is 2.33 bits per heavy atom. The number of carboxylic acids is 1. The standard InChI is InChI=1S/C12H24N2O3S/c1-6-8(2)10(11(15)16)13-12(17)14(4)9(3)7-18-5/h8-10H,6-7H2,1-5H3,(H,13,17)(H,15,16)/t8-,9?,10-/m0/s1. The second-order valence-electron chi connectivity index (χ2n) is 4.57. The van der Waals surface area contributed by atoms with Crippen LogP contribution in [0.3, 0.4) is 0 Å². The fourth-order valence-electron chi connectivity index (χ4n) is 1.47. The van der Waals surface area contributed by atoms with Crippen LogP contribution in [-0.2, 0) is 4.79 Å². The van der Waals surface area contributed by atoms with E-state index in [9.17, 15) is 9.59 Å². The molecule has 6 heteroatoms. The number of carboxylic acid groups (broad SMARTS) is 1. The van der Waals surface area contributed by atoms with Crippen LogP contribution in [0.2, 0.25) is 0 Å². The Morgan fingerprint density at radius 2 is 1.94 bits per heavy atom. The summed E-state index contributed by atoms with van der Waals surface area (Å²) >= 11 is 1.65. The summed E-state index contributed by atoms with van der Waals surface area (Å²) in [6.45, 7) is 5.67. The van der Waals surface area contributed by atoms with Crippen molar-refractivity contribution in [2.45, 2.75) is 39.3 Å². The molecule has 1 unspecified atom stereocenters. The molecule has 0 aromatic rings. The van der Waals surface area contributed by atoms with Crippen molar-refractivity contribution in [1.82, 2.24) is 10.2 Å². The first-order valence-electron chi connectivity index (χ1n) is 6.10. The zero-order valence-electron chi connectivity index (χ0n) is 11.8. The molecule has 0 bridgehead atoms. The Bertz CT molecular complexity index is 286. The molecular formula is C12H24N2O3S.